The lowest BCUT2D eigenvalue weighted by molar-refractivity contribution is -0.116. The first kappa shape index (κ1) is 14.9. The second-order valence-corrected chi connectivity index (χ2v) is 5.52. The van der Waals surface area contributed by atoms with Crippen LogP contribution in [0.5, 0.6) is 5.75 Å². The minimum atomic E-state index is 0.0727. The molecular formula is C16H24N2O2. The number of rotatable bonds is 3. The van der Waals surface area contributed by atoms with Gasteiger partial charge in [-0.1, -0.05) is 6.07 Å². The highest BCUT2D eigenvalue weighted by atomic mass is 16.5. The average molecular weight is 276 g/mol. The summed E-state index contributed by atoms with van der Waals surface area (Å²) in [7, 11) is 1.66. The fraction of sp³-hybridized carbons (Fsp3) is 0.562. The lowest BCUT2D eigenvalue weighted by Crippen LogP contribution is -2.30. The number of nitrogens with two attached hydrogens (primary N) is 1. The van der Waals surface area contributed by atoms with Crippen molar-refractivity contribution in [1.82, 2.24) is 0 Å². The van der Waals surface area contributed by atoms with E-state index in [9.17, 15) is 4.79 Å². The molecule has 0 radical (unpaired) electrons. The third-order valence-corrected chi connectivity index (χ3v) is 4.18. The van der Waals surface area contributed by atoms with E-state index >= 15 is 0 Å². The van der Waals surface area contributed by atoms with Crippen molar-refractivity contribution in [2.45, 2.75) is 33.1 Å². The zero-order valence-corrected chi connectivity index (χ0v) is 12.6. The predicted octanol–water partition coefficient (Wildman–Crippen LogP) is 2.27. The molecule has 0 fully saturated rings. The summed E-state index contributed by atoms with van der Waals surface area (Å²) in [6.45, 7) is 5.16. The van der Waals surface area contributed by atoms with Crippen molar-refractivity contribution < 1.29 is 9.53 Å². The second-order valence-electron chi connectivity index (χ2n) is 5.52. The minimum Gasteiger partial charge on any atom is -0.495 e. The highest BCUT2D eigenvalue weighted by molar-refractivity contribution is 5.94. The van der Waals surface area contributed by atoms with Gasteiger partial charge >= 0.3 is 0 Å². The summed E-state index contributed by atoms with van der Waals surface area (Å²) >= 11 is 0. The van der Waals surface area contributed by atoms with Crippen LogP contribution in [0.25, 0.3) is 0 Å². The fourth-order valence-corrected chi connectivity index (χ4v) is 3.05. The van der Waals surface area contributed by atoms with Gasteiger partial charge in [0.15, 0.2) is 0 Å². The molecule has 0 bridgehead atoms. The lowest BCUT2D eigenvalue weighted by Gasteiger charge is -2.24. The SMILES string of the molecule is COc1ccc(C)c2c1N(C(C)=O)CCC(CCN)C2. The number of aryl methyl sites for hydroxylation is 1. The largest absolute Gasteiger partial charge is 0.495 e. The Morgan fingerprint density at radius 1 is 1.50 bits per heavy atom. The van der Waals surface area contributed by atoms with Gasteiger partial charge in [-0.25, -0.2) is 0 Å². The molecule has 1 heterocycles. The molecule has 1 aromatic carbocycles. The third-order valence-electron chi connectivity index (χ3n) is 4.18. The van der Waals surface area contributed by atoms with Crippen LogP contribution in [0.2, 0.25) is 0 Å². The maximum atomic E-state index is 12.0. The average Bonchev–Trinajstić information content (AvgIpc) is 2.60. The van der Waals surface area contributed by atoms with Crippen LogP contribution in [0.3, 0.4) is 0 Å². The number of anilines is 1. The smallest absolute Gasteiger partial charge is 0.223 e. The Kier molecular flexibility index (Phi) is 4.65. The number of amides is 1. The first-order valence-electron chi connectivity index (χ1n) is 7.23. The van der Waals surface area contributed by atoms with Crippen LogP contribution in [0.15, 0.2) is 12.1 Å². The molecule has 0 spiro atoms. The molecular weight excluding hydrogens is 252 g/mol. The highest BCUT2D eigenvalue weighted by Gasteiger charge is 2.27. The van der Waals surface area contributed by atoms with Crippen molar-refractivity contribution in [2.75, 3.05) is 25.1 Å². The molecule has 2 N–H and O–H groups in total. The van der Waals surface area contributed by atoms with Crippen molar-refractivity contribution in [2.24, 2.45) is 11.7 Å². The molecule has 1 aliphatic rings. The van der Waals surface area contributed by atoms with Gasteiger partial charge in [0.2, 0.25) is 5.91 Å². The summed E-state index contributed by atoms with van der Waals surface area (Å²) in [6, 6.07) is 4.02. The standard InChI is InChI=1S/C16H24N2O2/c1-11-4-5-15(20-3)16-14(11)10-13(6-8-17)7-9-18(16)12(2)19/h4-5,13H,6-10,17H2,1-3H3. The number of benzene rings is 1. The molecule has 110 valence electrons. The molecule has 20 heavy (non-hydrogen) atoms. The lowest BCUT2D eigenvalue weighted by atomic mass is 9.91. The Balaban J connectivity index is 2.52. The molecule has 0 saturated heterocycles. The predicted molar refractivity (Wildman–Crippen MR) is 81.2 cm³/mol. The summed E-state index contributed by atoms with van der Waals surface area (Å²) in [6.07, 6.45) is 2.97. The fourth-order valence-electron chi connectivity index (χ4n) is 3.05. The molecule has 4 nitrogen and oxygen atoms in total. The number of carbonyl (C=O) groups excluding carboxylic acids is 1. The first-order chi connectivity index (χ1) is 9.58. The molecule has 0 saturated carbocycles. The molecule has 1 aliphatic heterocycles. The number of nitrogens with zero attached hydrogens (tertiary/aromatic N) is 1. The van der Waals surface area contributed by atoms with E-state index in [1.807, 2.05) is 11.0 Å². The Bertz CT molecular complexity index is 499. The molecule has 1 amide bonds. The zero-order valence-electron chi connectivity index (χ0n) is 12.6. The maximum Gasteiger partial charge on any atom is 0.223 e. The van der Waals surface area contributed by atoms with E-state index in [-0.39, 0.29) is 5.91 Å². The van der Waals surface area contributed by atoms with Crippen molar-refractivity contribution in [3.8, 4) is 5.75 Å². The number of ether oxygens (including phenoxy) is 1. The highest BCUT2D eigenvalue weighted by Crippen LogP contribution is 2.39. The van der Waals surface area contributed by atoms with E-state index in [1.54, 1.807) is 14.0 Å². The number of hydrogen-bond acceptors (Lipinski definition) is 3. The van der Waals surface area contributed by atoms with E-state index in [2.05, 4.69) is 13.0 Å². The van der Waals surface area contributed by atoms with E-state index < -0.39 is 0 Å². The molecule has 0 aromatic heterocycles. The monoisotopic (exact) mass is 276 g/mol. The first-order valence-corrected chi connectivity index (χ1v) is 7.23. The van der Waals surface area contributed by atoms with Crippen molar-refractivity contribution in [1.29, 1.82) is 0 Å². The Morgan fingerprint density at radius 2 is 2.25 bits per heavy atom. The zero-order chi connectivity index (χ0) is 14.7. The van der Waals surface area contributed by atoms with Crippen LogP contribution in [0, 0.1) is 12.8 Å². The summed E-state index contributed by atoms with van der Waals surface area (Å²) in [5.41, 5.74) is 9.12. The van der Waals surface area contributed by atoms with E-state index in [0.29, 0.717) is 12.5 Å². The van der Waals surface area contributed by atoms with Crippen LogP contribution in [-0.4, -0.2) is 26.1 Å². The van der Waals surface area contributed by atoms with Crippen LogP contribution in [-0.2, 0) is 11.2 Å². The van der Waals surface area contributed by atoms with Crippen molar-refractivity contribution in [3.05, 3.63) is 23.3 Å². The van der Waals surface area contributed by atoms with Gasteiger partial charge in [0.1, 0.15) is 5.75 Å². The van der Waals surface area contributed by atoms with Gasteiger partial charge in [-0.3, -0.25) is 4.79 Å². The summed E-state index contributed by atoms with van der Waals surface area (Å²) in [5, 5.41) is 0. The normalized spacial score (nSPS) is 18.4. The molecule has 4 heteroatoms. The Morgan fingerprint density at radius 3 is 2.85 bits per heavy atom. The number of fused-ring (bicyclic) bond motifs is 1. The van der Waals surface area contributed by atoms with Gasteiger partial charge < -0.3 is 15.4 Å². The van der Waals surface area contributed by atoms with E-state index in [4.69, 9.17) is 10.5 Å². The quantitative estimate of drug-likeness (QED) is 0.921. The van der Waals surface area contributed by atoms with Gasteiger partial charge in [-0.2, -0.15) is 0 Å². The molecule has 1 unspecified atom stereocenters. The summed E-state index contributed by atoms with van der Waals surface area (Å²) < 4.78 is 5.48. The van der Waals surface area contributed by atoms with Crippen LogP contribution < -0.4 is 15.4 Å². The molecule has 0 aliphatic carbocycles. The van der Waals surface area contributed by atoms with Gasteiger partial charge in [0.05, 0.1) is 12.8 Å². The molecule has 1 atom stereocenters. The van der Waals surface area contributed by atoms with E-state index in [1.165, 1.54) is 11.1 Å². The number of carbonyl (C=O) groups is 1. The molecule has 1 aromatic rings. The van der Waals surface area contributed by atoms with Crippen LogP contribution in [0.1, 0.15) is 30.9 Å². The third kappa shape index (κ3) is 2.80. The second kappa shape index (κ2) is 6.27. The molecule has 2 rings (SSSR count). The van der Waals surface area contributed by atoms with Gasteiger partial charge in [-0.15, -0.1) is 0 Å². The Hall–Kier alpha value is -1.55. The maximum absolute atomic E-state index is 12.0. The van der Waals surface area contributed by atoms with Crippen molar-refractivity contribution in [3.63, 3.8) is 0 Å². The van der Waals surface area contributed by atoms with Crippen LogP contribution >= 0.6 is 0 Å². The topological polar surface area (TPSA) is 55.6 Å². The van der Waals surface area contributed by atoms with Crippen molar-refractivity contribution >= 4 is 11.6 Å². The van der Waals surface area contributed by atoms with E-state index in [0.717, 1.165) is 37.2 Å². The van der Waals surface area contributed by atoms with Gasteiger partial charge in [-0.05, 0) is 55.8 Å². The van der Waals surface area contributed by atoms with Crippen LogP contribution in [0.4, 0.5) is 5.69 Å². The summed E-state index contributed by atoms with van der Waals surface area (Å²) in [4.78, 5) is 13.9. The summed E-state index contributed by atoms with van der Waals surface area (Å²) in [5.74, 6) is 1.40. The number of hydrogen-bond donors (Lipinski definition) is 1. The Labute approximate surface area is 120 Å². The van der Waals surface area contributed by atoms with Gasteiger partial charge in [0, 0.05) is 13.5 Å². The van der Waals surface area contributed by atoms with Gasteiger partial charge in [0.25, 0.3) is 0 Å². The number of methoxy groups -OCH3 is 1. The minimum absolute atomic E-state index is 0.0727.